The molecule has 13 heteroatoms. The Balaban J connectivity index is 0.950. The zero-order valence-corrected chi connectivity index (χ0v) is 22.5. The zero-order chi connectivity index (χ0) is 27.2. The van der Waals surface area contributed by atoms with Crippen molar-refractivity contribution < 1.29 is 23.2 Å². The molecule has 4 aromatic rings. The first-order chi connectivity index (χ1) is 19.4. The highest BCUT2D eigenvalue weighted by atomic mass is 32.1. The largest absolute Gasteiger partial charge is 0.380 e. The Morgan fingerprint density at radius 2 is 2.02 bits per heavy atom. The normalized spacial score (nSPS) is 23.1. The number of hydrogen-bond donors (Lipinski definition) is 1. The van der Waals surface area contributed by atoms with E-state index in [0.29, 0.717) is 47.9 Å². The number of thiophene rings is 1. The number of amides is 2. The van der Waals surface area contributed by atoms with Gasteiger partial charge >= 0.3 is 0 Å². The average molecular weight is 564 g/mol. The first-order valence-electron chi connectivity index (χ1n) is 13.3. The summed E-state index contributed by atoms with van der Waals surface area (Å²) in [5.74, 6) is 0.00336. The lowest BCUT2D eigenvalue weighted by Gasteiger charge is -2.56. The van der Waals surface area contributed by atoms with Gasteiger partial charge in [-0.3, -0.25) is 9.59 Å². The molecule has 4 aliphatic rings. The number of nitrogens with one attached hydrogen (secondary N) is 1. The third-order valence-electron chi connectivity index (χ3n) is 8.38. The van der Waals surface area contributed by atoms with Crippen LogP contribution in [0.25, 0.3) is 16.2 Å². The summed E-state index contributed by atoms with van der Waals surface area (Å²) >= 11 is 1.46. The van der Waals surface area contributed by atoms with E-state index in [9.17, 15) is 14.0 Å². The lowest BCUT2D eigenvalue weighted by molar-refractivity contribution is -0.137. The lowest BCUT2D eigenvalue weighted by atomic mass is 9.78. The Bertz CT molecular complexity index is 1660. The molecule has 2 amide bonds. The number of pyridine rings is 1. The number of ether oxygens (including phenoxy) is 1. The summed E-state index contributed by atoms with van der Waals surface area (Å²) in [7, 11) is 0. The summed E-state index contributed by atoms with van der Waals surface area (Å²) in [6.45, 7) is 6.42. The first-order valence-corrected chi connectivity index (χ1v) is 14.2. The zero-order valence-electron chi connectivity index (χ0n) is 21.7. The second-order valence-electron chi connectivity index (χ2n) is 11.4. The molecule has 4 aromatic heterocycles. The molecule has 1 aliphatic carbocycles. The molecule has 3 aliphatic heterocycles. The molecule has 7 heterocycles. The highest BCUT2D eigenvalue weighted by molar-refractivity contribution is 7.16. The van der Waals surface area contributed by atoms with E-state index in [0.717, 1.165) is 47.3 Å². The fourth-order valence-electron chi connectivity index (χ4n) is 5.74. The number of fused-ring (bicyclic) bond motifs is 1. The van der Waals surface area contributed by atoms with Crippen molar-refractivity contribution in [2.24, 2.45) is 11.3 Å². The predicted octanol–water partition coefficient (Wildman–Crippen LogP) is 3.13. The molecule has 40 heavy (non-hydrogen) atoms. The van der Waals surface area contributed by atoms with Crippen molar-refractivity contribution in [1.29, 1.82) is 0 Å². The number of hydrogen-bond acceptors (Lipinski definition) is 9. The summed E-state index contributed by atoms with van der Waals surface area (Å²) in [5.41, 5.74) is 3.28. The molecule has 2 atom stereocenters. The standard InChI is InChI=1S/C27H26FN7O4S/c1-14-20(6-22(40-14)23-31-25(39-32-23)15-8-33(9-15)26(37)17-5-19(17)28)30-24(36)18-7-29-35-3-2-16(4-21(18)35)34-10-27(11-34)12-38-13-27/h2-4,6-7,15,17,19H,5,8-13H2,1H3,(H,30,36)/t17-,19-/m0/s1. The predicted molar refractivity (Wildman–Crippen MR) is 143 cm³/mol. The molecule has 1 spiro atoms. The van der Waals surface area contributed by atoms with Crippen LogP contribution in [0.4, 0.5) is 15.8 Å². The van der Waals surface area contributed by atoms with Gasteiger partial charge in [0.25, 0.3) is 5.91 Å². The van der Waals surface area contributed by atoms with Crippen LogP contribution >= 0.6 is 11.3 Å². The van der Waals surface area contributed by atoms with Crippen LogP contribution in [0.2, 0.25) is 0 Å². The van der Waals surface area contributed by atoms with Crippen LogP contribution in [0.3, 0.4) is 0 Å². The molecule has 4 fully saturated rings. The second-order valence-corrected chi connectivity index (χ2v) is 12.7. The van der Waals surface area contributed by atoms with E-state index >= 15 is 0 Å². The van der Waals surface area contributed by atoms with Gasteiger partial charge in [-0.25, -0.2) is 8.91 Å². The minimum atomic E-state index is -0.996. The quantitative estimate of drug-likeness (QED) is 0.380. The molecular formula is C27H26FN7O4S. The second kappa shape index (κ2) is 8.58. The van der Waals surface area contributed by atoms with Crippen molar-refractivity contribution >= 4 is 40.0 Å². The third-order valence-corrected chi connectivity index (χ3v) is 9.43. The van der Waals surface area contributed by atoms with Gasteiger partial charge in [-0.15, -0.1) is 11.3 Å². The highest BCUT2D eigenvalue weighted by Crippen LogP contribution is 2.41. The van der Waals surface area contributed by atoms with Crippen LogP contribution in [0.15, 0.2) is 35.1 Å². The maximum Gasteiger partial charge on any atom is 0.259 e. The molecule has 0 bridgehead atoms. The number of carbonyl (C=O) groups excluding carboxylic acids is 2. The van der Waals surface area contributed by atoms with Crippen LogP contribution in [0, 0.1) is 18.3 Å². The van der Waals surface area contributed by atoms with Gasteiger partial charge in [-0.1, -0.05) is 5.16 Å². The number of alkyl halides is 1. The molecule has 1 saturated carbocycles. The number of aromatic nitrogens is 4. The van der Waals surface area contributed by atoms with Gasteiger partial charge < -0.3 is 24.4 Å². The number of anilines is 2. The third kappa shape index (κ3) is 3.82. The van der Waals surface area contributed by atoms with E-state index in [-0.39, 0.29) is 17.7 Å². The minimum absolute atomic E-state index is 0.0494. The van der Waals surface area contributed by atoms with Gasteiger partial charge in [0.2, 0.25) is 17.6 Å². The lowest BCUT2D eigenvalue weighted by Crippen LogP contribution is -2.66. The van der Waals surface area contributed by atoms with Crippen LogP contribution in [0.1, 0.15) is 33.5 Å². The van der Waals surface area contributed by atoms with Crippen molar-refractivity contribution in [2.45, 2.75) is 25.4 Å². The van der Waals surface area contributed by atoms with E-state index < -0.39 is 12.1 Å². The summed E-state index contributed by atoms with van der Waals surface area (Å²) in [5, 5.41) is 11.5. The Morgan fingerprint density at radius 1 is 1.23 bits per heavy atom. The van der Waals surface area contributed by atoms with Crippen LogP contribution in [0.5, 0.6) is 0 Å². The van der Waals surface area contributed by atoms with E-state index in [1.165, 1.54) is 11.3 Å². The molecule has 11 nitrogen and oxygen atoms in total. The Morgan fingerprint density at radius 3 is 2.75 bits per heavy atom. The Kier molecular flexibility index (Phi) is 5.15. The molecule has 0 aromatic carbocycles. The SMILES string of the molecule is Cc1sc(-c2noc(C3CN(C(=O)[C@H]4C[C@@H]4F)C3)n2)cc1NC(=O)c1cnn2ccc(N3CC4(COC4)C3)cc12. The van der Waals surface area contributed by atoms with Gasteiger partial charge in [0, 0.05) is 42.9 Å². The van der Waals surface area contributed by atoms with Crippen LogP contribution < -0.4 is 10.2 Å². The molecular weight excluding hydrogens is 537 g/mol. The summed E-state index contributed by atoms with van der Waals surface area (Å²) in [6, 6.07) is 5.87. The minimum Gasteiger partial charge on any atom is -0.380 e. The van der Waals surface area contributed by atoms with Crippen LogP contribution in [-0.2, 0) is 9.53 Å². The van der Waals surface area contributed by atoms with Crippen molar-refractivity contribution in [1.82, 2.24) is 24.7 Å². The molecule has 1 N–H and O–H groups in total. The van der Waals surface area contributed by atoms with Gasteiger partial charge in [0.1, 0.15) is 6.17 Å². The number of rotatable bonds is 6. The smallest absolute Gasteiger partial charge is 0.259 e. The number of halogens is 1. The van der Waals surface area contributed by atoms with E-state index in [2.05, 4.69) is 25.5 Å². The highest BCUT2D eigenvalue weighted by Gasteiger charge is 2.50. The van der Waals surface area contributed by atoms with Crippen molar-refractivity contribution in [3.05, 3.63) is 46.9 Å². The fraction of sp³-hybridized carbons (Fsp3) is 0.444. The summed E-state index contributed by atoms with van der Waals surface area (Å²) < 4.78 is 25.8. The molecule has 8 rings (SSSR count). The molecule has 206 valence electrons. The van der Waals surface area contributed by atoms with Gasteiger partial charge in [0.05, 0.1) is 58.3 Å². The van der Waals surface area contributed by atoms with Crippen molar-refractivity contribution in [3.63, 3.8) is 0 Å². The van der Waals surface area contributed by atoms with Crippen molar-refractivity contribution in [2.75, 3.05) is 49.6 Å². The van der Waals surface area contributed by atoms with Gasteiger partial charge in [0.15, 0.2) is 0 Å². The maximum atomic E-state index is 13.3. The first kappa shape index (κ1) is 24.0. The Hall–Kier alpha value is -3.84. The molecule has 0 radical (unpaired) electrons. The molecule has 0 unspecified atom stereocenters. The Labute approximate surface area is 231 Å². The number of carbonyl (C=O) groups is 2. The number of nitrogens with zero attached hydrogens (tertiary/aromatic N) is 6. The fourth-order valence-corrected chi connectivity index (χ4v) is 6.64. The van der Waals surface area contributed by atoms with E-state index in [1.54, 1.807) is 15.6 Å². The topological polar surface area (TPSA) is 118 Å². The van der Waals surface area contributed by atoms with Crippen LogP contribution in [-0.4, -0.2) is 82.0 Å². The van der Waals surface area contributed by atoms with E-state index in [1.807, 2.05) is 31.3 Å². The van der Waals surface area contributed by atoms with Crippen molar-refractivity contribution in [3.8, 4) is 10.7 Å². The monoisotopic (exact) mass is 563 g/mol. The number of likely N-dealkylation sites (tertiary alicyclic amines) is 1. The van der Waals surface area contributed by atoms with Gasteiger partial charge in [-0.05, 0) is 31.5 Å². The van der Waals surface area contributed by atoms with Gasteiger partial charge in [-0.2, -0.15) is 10.1 Å². The molecule has 3 saturated heterocycles. The number of aryl methyl sites for hydroxylation is 1. The summed E-state index contributed by atoms with van der Waals surface area (Å²) in [6.07, 6.45) is 2.80. The van der Waals surface area contributed by atoms with E-state index in [4.69, 9.17) is 9.26 Å². The average Bonchev–Trinajstić information content (AvgIpc) is 3.20. The summed E-state index contributed by atoms with van der Waals surface area (Å²) in [4.78, 5) is 35.6. The maximum absolute atomic E-state index is 13.3.